The lowest BCUT2D eigenvalue weighted by atomic mass is 10.1. The van der Waals surface area contributed by atoms with Crippen molar-refractivity contribution >= 4 is 21.4 Å². The van der Waals surface area contributed by atoms with Crippen molar-refractivity contribution in [2.45, 2.75) is 32.2 Å². The van der Waals surface area contributed by atoms with Crippen LogP contribution in [0.1, 0.15) is 21.8 Å². The normalized spacial score (nSPS) is 11.8. The number of thiazole rings is 1. The van der Waals surface area contributed by atoms with E-state index in [4.69, 9.17) is 0 Å². The standard InChI is InChI=1S/C13H15FN2O2S2/c1-8-4-11(14)5-9(2)13(8)20(17,18)15-6-12-16-10(3)7-19-12/h4-5,7,15H,6H2,1-3H3. The molecule has 7 heteroatoms. The van der Waals surface area contributed by atoms with Gasteiger partial charge in [-0.05, 0) is 44.0 Å². The van der Waals surface area contributed by atoms with Gasteiger partial charge in [-0.1, -0.05) is 0 Å². The van der Waals surface area contributed by atoms with Gasteiger partial charge in [0.05, 0.1) is 11.4 Å². The van der Waals surface area contributed by atoms with Gasteiger partial charge in [-0.3, -0.25) is 0 Å². The van der Waals surface area contributed by atoms with Crippen molar-refractivity contribution in [3.8, 4) is 0 Å². The Morgan fingerprint density at radius 1 is 1.25 bits per heavy atom. The Morgan fingerprint density at radius 3 is 2.35 bits per heavy atom. The third-order valence-electron chi connectivity index (χ3n) is 2.77. The molecule has 20 heavy (non-hydrogen) atoms. The molecule has 0 aliphatic rings. The number of halogens is 1. The molecule has 0 aliphatic carbocycles. The summed E-state index contributed by atoms with van der Waals surface area (Å²) in [5.74, 6) is -0.436. The molecule has 0 amide bonds. The maximum Gasteiger partial charge on any atom is 0.241 e. The fourth-order valence-electron chi connectivity index (χ4n) is 2.03. The molecule has 108 valence electrons. The van der Waals surface area contributed by atoms with Crippen molar-refractivity contribution in [2.24, 2.45) is 0 Å². The molecule has 0 fully saturated rings. The first-order chi connectivity index (χ1) is 9.29. The first kappa shape index (κ1) is 15.1. The second-order valence-corrected chi connectivity index (χ2v) is 7.22. The number of nitrogens with zero attached hydrogens (tertiary/aromatic N) is 1. The number of benzene rings is 1. The van der Waals surface area contributed by atoms with Crippen LogP contribution in [-0.4, -0.2) is 13.4 Å². The number of hydrogen-bond donors (Lipinski definition) is 1. The molecular weight excluding hydrogens is 299 g/mol. The second kappa shape index (κ2) is 5.59. The van der Waals surface area contributed by atoms with Crippen molar-refractivity contribution in [1.82, 2.24) is 9.71 Å². The molecule has 1 N–H and O–H groups in total. The Kier molecular flexibility index (Phi) is 4.22. The predicted octanol–water partition coefficient (Wildman–Crippen LogP) is 2.69. The van der Waals surface area contributed by atoms with E-state index in [2.05, 4.69) is 9.71 Å². The molecule has 0 unspecified atom stereocenters. The maximum absolute atomic E-state index is 13.2. The topological polar surface area (TPSA) is 59.1 Å². The summed E-state index contributed by atoms with van der Waals surface area (Å²) in [5, 5.41) is 2.56. The molecule has 0 atom stereocenters. The van der Waals surface area contributed by atoms with Crippen molar-refractivity contribution in [2.75, 3.05) is 0 Å². The monoisotopic (exact) mass is 314 g/mol. The van der Waals surface area contributed by atoms with Gasteiger partial charge in [-0.15, -0.1) is 11.3 Å². The molecule has 0 radical (unpaired) electrons. The van der Waals surface area contributed by atoms with Crippen LogP contribution in [-0.2, 0) is 16.6 Å². The van der Waals surface area contributed by atoms with E-state index in [9.17, 15) is 12.8 Å². The average Bonchev–Trinajstić information content (AvgIpc) is 2.71. The zero-order valence-electron chi connectivity index (χ0n) is 11.4. The summed E-state index contributed by atoms with van der Waals surface area (Å²) in [7, 11) is -3.68. The van der Waals surface area contributed by atoms with Crippen LogP contribution in [0, 0.1) is 26.6 Å². The SMILES string of the molecule is Cc1csc(CNS(=O)(=O)c2c(C)cc(F)cc2C)n1. The molecule has 2 rings (SSSR count). The van der Waals surface area contributed by atoms with Crippen LogP contribution in [0.4, 0.5) is 4.39 Å². The molecule has 2 aromatic rings. The van der Waals surface area contributed by atoms with E-state index in [0.717, 1.165) is 5.69 Å². The third kappa shape index (κ3) is 3.23. The first-order valence-electron chi connectivity index (χ1n) is 5.97. The van der Waals surface area contributed by atoms with Gasteiger partial charge in [0, 0.05) is 11.1 Å². The predicted molar refractivity (Wildman–Crippen MR) is 76.8 cm³/mol. The van der Waals surface area contributed by atoms with Gasteiger partial charge in [0.2, 0.25) is 10.0 Å². The molecule has 0 aliphatic heterocycles. The zero-order valence-corrected chi connectivity index (χ0v) is 13.0. The van der Waals surface area contributed by atoms with Gasteiger partial charge in [-0.2, -0.15) is 0 Å². The Labute approximate surface area is 121 Å². The van der Waals surface area contributed by atoms with Gasteiger partial charge in [-0.25, -0.2) is 22.5 Å². The summed E-state index contributed by atoms with van der Waals surface area (Å²) in [6.45, 7) is 5.15. The summed E-state index contributed by atoms with van der Waals surface area (Å²) in [5.41, 5.74) is 1.65. The van der Waals surface area contributed by atoms with Crippen molar-refractivity contribution < 1.29 is 12.8 Å². The van der Waals surface area contributed by atoms with Crippen LogP contribution < -0.4 is 4.72 Å². The Hall–Kier alpha value is -1.31. The Morgan fingerprint density at radius 2 is 1.85 bits per heavy atom. The number of rotatable bonds is 4. The summed E-state index contributed by atoms with van der Waals surface area (Å²) < 4.78 is 40.3. The number of sulfonamides is 1. The number of aromatic nitrogens is 1. The van der Waals surface area contributed by atoms with Gasteiger partial charge < -0.3 is 0 Å². The molecular formula is C13H15FN2O2S2. The van der Waals surface area contributed by atoms with Crippen molar-refractivity contribution in [1.29, 1.82) is 0 Å². The highest BCUT2D eigenvalue weighted by atomic mass is 32.2. The minimum atomic E-state index is -3.68. The number of hydrogen-bond acceptors (Lipinski definition) is 4. The minimum Gasteiger partial charge on any atom is -0.245 e. The molecule has 0 bridgehead atoms. The quantitative estimate of drug-likeness (QED) is 0.944. The lowest BCUT2D eigenvalue weighted by molar-refractivity contribution is 0.578. The highest BCUT2D eigenvalue weighted by molar-refractivity contribution is 7.89. The van der Waals surface area contributed by atoms with Gasteiger partial charge in [0.25, 0.3) is 0 Å². The number of nitrogens with one attached hydrogen (secondary N) is 1. The third-order valence-corrected chi connectivity index (χ3v) is 5.45. The van der Waals surface area contributed by atoms with Crippen molar-refractivity contribution in [3.63, 3.8) is 0 Å². The fraction of sp³-hybridized carbons (Fsp3) is 0.308. The second-order valence-electron chi connectivity index (χ2n) is 4.58. The largest absolute Gasteiger partial charge is 0.245 e. The van der Waals surface area contributed by atoms with E-state index in [1.54, 1.807) is 13.8 Å². The molecule has 1 heterocycles. The molecule has 1 aromatic carbocycles. The van der Waals surface area contributed by atoms with Crippen LogP contribution in [0.2, 0.25) is 0 Å². The summed E-state index contributed by atoms with van der Waals surface area (Å²) in [6, 6.07) is 2.43. The van der Waals surface area contributed by atoms with E-state index >= 15 is 0 Å². The van der Waals surface area contributed by atoms with Gasteiger partial charge in [0.1, 0.15) is 10.8 Å². The average molecular weight is 314 g/mol. The Balaban J connectivity index is 2.27. The van der Waals surface area contributed by atoms with E-state index in [1.807, 2.05) is 12.3 Å². The summed E-state index contributed by atoms with van der Waals surface area (Å²) in [6.07, 6.45) is 0. The maximum atomic E-state index is 13.2. The van der Waals surface area contributed by atoms with Crippen LogP contribution in [0.15, 0.2) is 22.4 Å². The molecule has 4 nitrogen and oxygen atoms in total. The van der Waals surface area contributed by atoms with Crippen LogP contribution >= 0.6 is 11.3 Å². The van der Waals surface area contributed by atoms with E-state index in [1.165, 1.54) is 23.5 Å². The van der Waals surface area contributed by atoms with Crippen LogP contribution in [0.3, 0.4) is 0 Å². The van der Waals surface area contributed by atoms with Crippen molar-refractivity contribution in [3.05, 3.63) is 45.2 Å². The fourth-order valence-corrected chi connectivity index (χ4v) is 4.27. The molecule has 0 spiro atoms. The Bertz CT molecular complexity index is 716. The lowest BCUT2D eigenvalue weighted by Crippen LogP contribution is -2.25. The highest BCUT2D eigenvalue weighted by Crippen LogP contribution is 2.21. The van der Waals surface area contributed by atoms with E-state index < -0.39 is 15.8 Å². The van der Waals surface area contributed by atoms with E-state index in [0.29, 0.717) is 16.1 Å². The first-order valence-corrected chi connectivity index (χ1v) is 8.33. The zero-order chi connectivity index (χ0) is 14.9. The minimum absolute atomic E-state index is 0.132. The smallest absolute Gasteiger partial charge is 0.241 e. The molecule has 1 aromatic heterocycles. The summed E-state index contributed by atoms with van der Waals surface area (Å²) in [4.78, 5) is 4.33. The van der Waals surface area contributed by atoms with Gasteiger partial charge >= 0.3 is 0 Å². The van der Waals surface area contributed by atoms with Crippen LogP contribution in [0.5, 0.6) is 0 Å². The molecule has 0 saturated heterocycles. The molecule has 0 saturated carbocycles. The van der Waals surface area contributed by atoms with Gasteiger partial charge in [0.15, 0.2) is 0 Å². The summed E-state index contributed by atoms with van der Waals surface area (Å²) >= 11 is 1.40. The van der Waals surface area contributed by atoms with E-state index in [-0.39, 0.29) is 11.4 Å². The van der Waals surface area contributed by atoms with Crippen LogP contribution in [0.25, 0.3) is 0 Å². The lowest BCUT2D eigenvalue weighted by Gasteiger charge is -2.11. The number of aryl methyl sites for hydroxylation is 3. The highest BCUT2D eigenvalue weighted by Gasteiger charge is 2.20.